The minimum Gasteiger partial charge on any atom is -0.493 e. The Morgan fingerprint density at radius 3 is 2.44 bits per heavy atom. The van der Waals surface area contributed by atoms with Crippen molar-refractivity contribution in [2.24, 2.45) is 0 Å². The second kappa shape index (κ2) is 9.07. The number of anilines is 1. The summed E-state index contributed by atoms with van der Waals surface area (Å²) in [6, 6.07) is 22.6. The highest BCUT2D eigenvalue weighted by molar-refractivity contribution is 6.13. The topological polar surface area (TPSA) is 78.3 Å². The number of methoxy groups -OCH3 is 2. The third kappa shape index (κ3) is 4.06. The molecule has 3 aromatic carbocycles. The molecule has 0 bridgehead atoms. The van der Waals surface area contributed by atoms with Gasteiger partial charge < -0.3 is 19.4 Å². The predicted molar refractivity (Wildman–Crippen MR) is 132 cm³/mol. The van der Waals surface area contributed by atoms with Crippen molar-refractivity contribution in [1.29, 1.82) is 0 Å². The molecule has 0 radical (unpaired) electrons. The summed E-state index contributed by atoms with van der Waals surface area (Å²) in [5.74, 6) is 1.01. The van der Waals surface area contributed by atoms with E-state index in [1.54, 1.807) is 32.8 Å². The van der Waals surface area contributed by atoms with Crippen molar-refractivity contribution in [3.63, 3.8) is 0 Å². The van der Waals surface area contributed by atoms with Gasteiger partial charge >= 0.3 is 0 Å². The van der Waals surface area contributed by atoms with E-state index in [4.69, 9.17) is 14.5 Å². The summed E-state index contributed by atoms with van der Waals surface area (Å²) in [7, 11) is 3.18. The van der Waals surface area contributed by atoms with E-state index in [-0.39, 0.29) is 5.91 Å². The largest absolute Gasteiger partial charge is 0.493 e. The summed E-state index contributed by atoms with van der Waals surface area (Å²) in [6.07, 6.45) is 5.32. The highest BCUT2D eigenvalue weighted by Gasteiger charge is 2.15. The number of nitrogens with one attached hydrogen (secondary N) is 1. The van der Waals surface area contributed by atoms with Crippen LogP contribution in [0.4, 0.5) is 5.69 Å². The van der Waals surface area contributed by atoms with Gasteiger partial charge in [0.15, 0.2) is 11.5 Å². The maximum Gasteiger partial charge on any atom is 0.256 e. The first-order chi connectivity index (χ1) is 16.7. The normalized spacial score (nSPS) is 10.8. The lowest BCUT2D eigenvalue weighted by Crippen LogP contribution is -2.13. The SMILES string of the molecule is COc1ccc(-c2cc(C(=O)Nc3ccc(-n4ccnc4)cc3)c3ccccc3n2)cc1OC. The maximum atomic E-state index is 13.3. The smallest absolute Gasteiger partial charge is 0.256 e. The Morgan fingerprint density at radius 2 is 1.71 bits per heavy atom. The molecule has 7 nitrogen and oxygen atoms in total. The van der Waals surface area contributed by atoms with Crippen LogP contribution in [0.3, 0.4) is 0 Å². The van der Waals surface area contributed by atoms with Crippen molar-refractivity contribution < 1.29 is 14.3 Å². The number of hydrogen-bond donors (Lipinski definition) is 1. The van der Waals surface area contributed by atoms with Crippen molar-refractivity contribution in [3.8, 4) is 28.4 Å². The Bertz CT molecular complexity index is 1460. The molecule has 1 N–H and O–H groups in total. The van der Waals surface area contributed by atoms with E-state index in [2.05, 4.69) is 10.3 Å². The molecule has 168 valence electrons. The lowest BCUT2D eigenvalue weighted by molar-refractivity contribution is 0.102. The number of ether oxygens (including phenoxy) is 2. The van der Waals surface area contributed by atoms with Gasteiger partial charge in [0.2, 0.25) is 0 Å². The summed E-state index contributed by atoms with van der Waals surface area (Å²) >= 11 is 0. The van der Waals surface area contributed by atoms with Crippen LogP contribution in [0.25, 0.3) is 27.8 Å². The molecule has 7 heteroatoms. The number of benzene rings is 3. The summed E-state index contributed by atoms with van der Waals surface area (Å²) < 4.78 is 12.7. The molecule has 2 heterocycles. The molecule has 5 aromatic rings. The Balaban J connectivity index is 1.51. The molecule has 1 amide bonds. The van der Waals surface area contributed by atoms with Crippen LogP contribution >= 0.6 is 0 Å². The van der Waals surface area contributed by atoms with Crippen molar-refractivity contribution >= 4 is 22.5 Å². The van der Waals surface area contributed by atoms with E-state index in [9.17, 15) is 4.79 Å². The standard InChI is InChI=1S/C27H22N4O3/c1-33-25-12-7-18(15-26(25)34-2)24-16-22(21-5-3-4-6-23(21)30-24)27(32)29-19-8-10-20(11-9-19)31-14-13-28-17-31/h3-17H,1-2H3,(H,29,32). The second-order valence-corrected chi connectivity index (χ2v) is 7.61. The third-order valence-electron chi connectivity index (χ3n) is 5.57. The summed E-state index contributed by atoms with van der Waals surface area (Å²) in [5.41, 5.74) is 4.41. The molecule has 0 atom stereocenters. The van der Waals surface area contributed by atoms with Gasteiger partial charge in [0.25, 0.3) is 5.91 Å². The minimum absolute atomic E-state index is 0.212. The number of nitrogens with zero attached hydrogens (tertiary/aromatic N) is 3. The monoisotopic (exact) mass is 450 g/mol. The van der Waals surface area contributed by atoms with Crippen molar-refractivity contribution in [2.75, 3.05) is 19.5 Å². The van der Waals surface area contributed by atoms with Gasteiger partial charge in [-0.05, 0) is 54.6 Å². The number of aromatic nitrogens is 3. The van der Waals surface area contributed by atoms with Gasteiger partial charge in [-0.3, -0.25) is 4.79 Å². The van der Waals surface area contributed by atoms with E-state index in [1.165, 1.54) is 0 Å². The maximum absolute atomic E-state index is 13.3. The number of amides is 1. The fourth-order valence-electron chi connectivity index (χ4n) is 3.83. The molecule has 0 fully saturated rings. The molecule has 0 spiro atoms. The molecular formula is C27H22N4O3. The third-order valence-corrected chi connectivity index (χ3v) is 5.57. The molecule has 5 rings (SSSR count). The number of hydrogen-bond acceptors (Lipinski definition) is 5. The van der Waals surface area contributed by atoms with Crippen LogP contribution in [0.5, 0.6) is 11.5 Å². The molecule has 0 aliphatic carbocycles. The van der Waals surface area contributed by atoms with Crippen LogP contribution in [0.1, 0.15) is 10.4 Å². The van der Waals surface area contributed by atoms with Gasteiger partial charge in [0.1, 0.15) is 0 Å². The number of carbonyl (C=O) groups excluding carboxylic acids is 1. The zero-order valence-corrected chi connectivity index (χ0v) is 18.7. The van der Waals surface area contributed by atoms with Crippen LogP contribution in [-0.2, 0) is 0 Å². The second-order valence-electron chi connectivity index (χ2n) is 7.61. The average Bonchev–Trinajstić information content (AvgIpc) is 3.43. The molecule has 0 aliphatic rings. The van der Waals surface area contributed by atoms with E-state index >= 15 is 0 Å². The molecule has 0 aliphatic heterocycles. The van der Waals surface area contributed by atoms with Crippen molar-refractivity contribution in [3.05, 3.63) is 97.1 Å². The van der Waals surface area contributed by atoms with Gasteiger partial charge in [0.05, 0.1) is 37.3 Å². The van der Waals surface area contributed by atoms with Crippen LogP contribution in [0.15, 0.2) is 91.5 Å². The minimum atomic E-state index is -0.212. The average molecular weight is 450 g/mol. The van der Waals surface area contributed by atoms with Crippen molar-refractivity contribution in [1.82, 2.24) is 14.5 Å². The first-order valence-electron chi connectivity index (χ1n) is 10.7. The molecule has 0 saturated heterocycles. The summed E-state index contributed by atoms with van der Waals surface area (Å²) in [4.78, 5) is 22.2. The Morgan fingerprint density at radius 1 is 0.912 bits per heavy atom. The molecular weight excluding hydrogens is 428 g/mol. The first-order valence-corrected chi connectivity index (χ1v) is 10.7. The Kier molecular flexibility index (Phi) is 5.66. The van der Waals surface area contributed by atoms with Crippen LogP contribution in [0, 0.1) is 0 Å². The number of para-hydroxylation sites is 1. The van der Waals surface area contributed by atoms with E-state index < -0.39 is 0 Å². The van der Waals surface area contributed by atoms with E-state index in [1.807, 2.05) is 77.5 Å². The summed E-state index contributed by atoms with van der Waals surface area (Å²) in [5, 5.41) is 3.78. The fourth-order valence-corrected chi connectivity index (χ4v) is 3.83. The van der Waals surface area contributed by atoms with Gasteiger partial charge in [-0.2, -0.15) is 0 Å². The van der Waals surface area contributed by atoms with E-state index in [0.717, 1.165) is 22.2 Å². The van der Waals surface area contributed by atoms with Crippen LogP contribution < -0.4 is 14.8 Å². The zero-order chi connectivity index (χ0) is 23.5. The number of pyridine rings is 1. The molecule has 0 saturated carbocycles. The first kappa shape index (κ1) is 21.2. The molecule has 0 unspecified atom stereocenters. The van der Waals surface area contributed by atoms with Crippen LogP contribution in [0.2, 0.25) is 0 Å². The number of fused-ring (bicyclic) bond motifs is 1. The molecule has 2 aromatic heterocycles. The summed E-state index contributed by atoms with van der Waals surface area (Å²) in [6.45, 7) is 0. The zero-order valence-electron chi connectivity index (χ0n) is 18.7. The van der Waals surface area contributed by atoms with Crippen molar-refractivity contribution in [2.45, 2.75) is 0 Å². The number of imidazole rings is 1. The van der Waals surface area contributed by atoms with Crippen LogP contribution in [-0.4, -0.2) is 34.7 Å². The van der Waals surface area contributed by atoms with Gasteiger partial charge in [0, 0.05) is 34.7 Å². The van der Waals surface area contributed by atoms with Gasteiger partial charge in [-0.25, -0.2) is 9.97 Å². The number of carbonyl (C=O) groups is 1. The highest BCUT2D eigenvalue weighted by atomic mass is 16.5. The lowest BCUT2D eigenvalue weighted by atomic mass is 10.0. The highest BCUT2D eigenvalue weighted by Crippen LogP contribution is 2.33. The van der Waals surface area contributed by atoms with Gasteiger partial charge in [-0.15, -0.1) is 0 Å². The lowest BCUT2D eigenvalue weighted by Gasteiger charge is -2.13. The Labute approximate surface area is 196 Å². The quantitative estimate of drug-likeness (QED) is 0.377. The molecule has 34 heavy (non-hydrogen) atoms. The fraction of sp³-hybridized carbons (Fsp3) is 0.0741. The Hall–Kier alpha value is -4.65. The van der Waals surface area contributed by atoms with Gasteiger partial charge in [-0.1, -0.05) is 18.2 Å². The number of rotatable bonds is 6. The predicted octanol–water partition coefficient (Wildman–Crippen LogP) is 5.36. The van der Waals surface area contributed by atoms with E-state index in [0.29, 0.717) is 28.4 Å².